The maximum Gasteiger partial charge on any atom is 0.411 e. The van der Waals surface area contributed by atoms with E-state index in [0.29, 0.717) is 5.69 Å². The highest BCUT2D eigenvalue weighted by molar-refractivity contribution is 5.88. The summed E-state index contributed by atoms with van der Waals surface area (Å²) in [5.74, 6) is 0.0789. The van der Waals surface area contributed by atoms with E-state index in [1.165, 1.54) is 13.2 Å². The number of para-hydroxylation sites is 1. The maximum absolute atomic E-state index is 13.9. The molecule has 0 saturated carbocycles. The van der Waals surface area contributed by atoms with Gasteiger partial charge in [0.2, 0.25) is 0 Å². The Bertz CT molecular complexity index is 771. The third-order valence-corrected chi connectivity index (χ3v) is 3.97. The lowest BCUT2D eigenvalue weighted by molar-refractivity contribution is 0.187. The first-order valence-corrected chi connectivity index (χ1v) is 7.45. The molecule has 2 aromatic carbocycles. The molecule has 1 N–H and O–H groups in total. The zero-order valence-electron chi connectivity index (χ0n) is 13.3. The molecule has 1 amide bonds. The maximum atomic E-state index is 13.9. The van der Waals surface area contributed by atoms with Crippen molar-refractivity contribution < 1.29 is 18.7 Å². The fourth-order valence-electron chi connectivity index (χ4n) is 3.01. The quantitative estimate of drug-likeness (QED) is 0.875. The van der Waals surface area contributed by atoms with Gasteiger partial charge >= 0.3 is 6.09 Å². The molecule has 2 aromatic rings. The van der Waals surface area contributed by atoms with Gasteiger partial charge in [0.05, 0.1) is 7.11 Å². The molecule has 0 atom stereocenters. The largest absolute Gasteiger partial charge is 0.485 e. The second-order valence-corrected chi connectivity index (χ2v) is 5.73. The molecule has 4 nitrogen and oxygen atoms in total. The summed E-state index contributed by atoms with van der Waals surface area (Å²) in [7, 11) is 1.32. The molecule has 1 aliphatic heterocycles. The summed E-state index contributed by atoms with van der Waals surface area (Å²) in [4.78, 5) is 11.6. The van der Waals surface area contributed by atoms with Crippen LogP contribution in [0.15, 0.2) is 30.3 Å². The van der Waals surface area contributed by atoms with Crippen molar-refractivity contribution in [2.45, 2.75) is 26.4 Å². The van der Waals surface area contributed by atoms with Crippen molar-refractivity contribution in [2.24, 2.45) is 0 Å². The van der Waals surface area contributed by atoms with Crippen molar-refractivity contribution in [3.63, 3.8) is 0 Å². The van der Waals surface area contributed by atoms with E-state index in [1.807, 2.05) is 32.0 Å². The minimum absolute atomic E-state index is 0.163. The van der Waals surface area contributed by atoms with E-state index in [9.17, 15) is 9.18 Å². The van der Waals surface area contributed by atoms with Gasteiger partial charge in [-0.25, -0.2) is 9.18 Å². The van der Waals surface area contributed by atoms with Gasteiger partial charge in [0.1, 0.15) is 6.61 Å². The first-order chi connectivity index (χ1) is 11.0. The minimum Gasteiger partial charge on any atom is -0.485 e. The van der Waals surface area contributed by atoms with Crippen LogP contribution in [0.25, 0.3) is 11.1 Å². The summed E-state index contributed by atoms with van der Waals surface area (Å²) < 4.78 is 24.2. The van der Waals surface area contributed by atoms with E-state index >= 15 is 0 Å². The first-order valence-electron chi connectivity index (χ1n) is 7.45. The van der Waals surface area contributed by atoms with Crippen LogP contribution in [-0.4, -0.2) is 13.2 Å². The predicted octanol–water partition coefficient (Wildman–Crippen LogP) is 4.69. The van der Waals surface area contributed by atoms with Crippen LogP contribution < -0.4 is 10.1 Å². The summed E-state index contributed by atoms with van der Waals surface area (Å²) in [5.41, 5.74) is 4.30. The second kappa shape index (κ2) is 5.91. The van der Waals surface area contributed by atoms with Crippen molar-refractivity contribution in [1.29, 1.82) is 0 Å². The van der Waals surface area contributed by atoms with Crippen molar-refractivity contribution >= 4 is 11.8 Å². The van der Waals surface area contributed by atoms with E-state index in [0.717, 1.165) is 22.3 Å². The molecule has 1 aliphatic rings. The number of fused-ring (bicyclic) bond motifs is 3. The number of benzene rings is 2. The third kappa shape index (κ3) is 2.63. The average Bonchev–Trinajstić information content (AvgIpc) is 2.54. The van der Waals surface area contributed by atoms with Crippen LogP contribution in [0.3, 0.4) is 0 Å². The molecule has 5 heteroatoms. The SMILES string of the molecule is COC(=O)Nc1ccc2c(c1C(C)C)COc1c(F)cccc1-2. The molecule has 0 bridgehead atoms. The molecule has 1 heterocycles. The molecule has 0 aliphatic carbocycles. The zero-order chi connectivity index (χ0) is 16.6. The summed E-state index contributed by atoms with van der Waals surface area (Å²) in [6.07, 6.45) is -0.518. The van der Waals surface area contributed by atoms with Crippen molar-refractivity contribution in [1.82, 2.24) is 0 Å². The number of carbonyl (C=O) groups is 1. The van der Waals surface area contributed by atoms with Gasteiger partial charge in [-0.1, -0.05) is 32.0 Å². The van der Waals surface area contributed by atoms with E-state index in [2.05, 4.69) is 10.1 Å². The molecule has 0 fully saturated rings. The Morgan fingerprint density at radius 3 is 2.74 bits per heavy atom. The van der Waals surface area contributed by atoms with Gasteiger partial charge in [-0.3, -0.25) is 5.32 Å². The predicted molar refractivity (Wildman–Crippen MR) is 86.3 cm³/mol. The van der Waals surface area contributed by atoms with E-state index in [4.69, 9.17) is 4.74 Å². The molecule has 0 radical (unpaired) electrons. The van der Waals surface area contributed by atoms with Crippen LogP contribution in [0.4, 0.5) is 14.9 Å². The average molecular weight is 315 g/mol. The lowest BCUT2D eigenvalue weighted by Crippen LogP contribution is -2.16. The molecule has 3 rings (SSSR count). The summed E-state index contributed by atoms with van der Waals surface area (Å²) >= 11 is 0. The van der Waals surface area contributed by atoms with Crippen LogP contribution in [0.2, 0.25) is 0 Å². The smallest absolute Gasteiger partial charge is 0.411 e. The monoisotopic (exact) mass is 315 g/mol. The number of methoxy groups -OCH3 is 1. The standard InChI is InChI=1S/C18H18FNO3/c1-10(2)16-13-9-23-17-12(5-4-6-14(17)19)11(13)7-8-15(16)20-18(21)22-3/h4-8,10H,9H2,1-3H3,(H,20,21). The molecular weight excluding hydrogens is 297 g/mol. The Hall–Kier alpha value is -2.56. The number of ether oxygens (including phenoxy) is 2. The van der Waals surface area contributed by atoms with E-state index < -0.39 is 6.09 Å². The van der Waals surface area contributed by atoms with Crippen LogP contribution in [0, 0.1) is 5.82 Å². The summed E-state index contributed by atoms with van der Waals surface area (Å²) in [6, 6.07) is 8.61. The van der Waals surface area contributed by atoms with Gasteiger partial charge in [0.25, 0.3) is 0 Å². The number of hydrogen-bond donors (Lipinski definition) is 1. The van der Waals surface area contributed by atoms with E-state index in [-0.39, 0.29) is 24.1 Å². The Balaban J connectivity index is 2.17. The highest BCUT2D eigenvalue weighted by Gasteiger charge is 2.25. The number of halogens is 1. The first kappa shape index (κ1) is 15.3. The molecule has 23 heavy (non-hydrogen) atoms. The second-order valence-electron chi connectivity index (χ2n) is 5.73. The molecule has 0 saturated heterocycles. The van der Waals surface area contributed by atoms with Crippen LogP contribution >= 0.6 is 0 Å². The minimum atomic E-state index is -0.518. The van der Waals surface area contributed by atoms with Crippen molar-refractivity contribution in [3.8, 4) is 16.9 Å². The topological polar surface area (TPSA) is 47.6 Å². The normalized spacial score (nSPS) is 12.2. The lowest BCUT2D eigenvalue weighted by Gasteiger charge is -2.26. The Kier molecular flexibility index (Phi) is 3.94. The fourth-order valence-corrected chi connectivity index (χ4v) is 3.01. The zero-order valence-corrected chi connectivity index (χ0v) is 13.3. The number of carbonyl (C=O) groups excluding carboxylic acids is 1. The third-order valence-electron chi connectivity index (χ3n) is 3.97. The Morgan fingerprint density at radius 2 is 2.04 bits per heavy atom. The van der Waals surface area contributed by atoms with Gasteiger partial charge in [0.15, 0.2) is 11.6 Å². The number of rotatable bonds is 2. The number of hydrogen-bond acceptors (Lipinski definition) is 3. The highest BCUT2D eigenvalue weighted by Crippen LogP contribution is 2.43. The Labute approximate surface area is 134 Å². The van der Waals surface area contributed by atoms with Gasteiger partial charge in [-0.15, -0.1) is 0 Å². The van der Waals surface area contributed by atoms with Gasteiger partial charge in [-0.05, 0) is 29.2 Å². The molecule has 0 aromatic heterocycles. The number of amides is 1. The fraction of sp³-hybridized carbons (Fsp3) is 0.278. The molecule has 0 unspecified atom stereocenters. The van der Waals surface area contributed by atoms with Crippen molar-refractivity contribution in [3.05, 3.63) is 47.3 Å². The van der Waals surface area contributed by atoms with Gasteiger partial charge in [-0.2, -0.15) is 0 Å². The highest BCUT2D eigenvalue weighted by atomic mass is 19.1. The number of nitrogens with one attached hydrogen (secondary N) is 1. The van der Waals surface area contributed by atoms with E-state index in [1.54, 1.807) is 6.07 Å². The van der Waals surface area contributed by atoms with Crippen LogP contribution in [0.5, 0.6) is 5.75 Å². The van der Waals surface area contributed by atoms with Crippen molar-refractivity contribution in [2.75, 3.05) is 12.4 Å². The van der Waals surface area contributed by atoms with Gasteiger partial charge < -0.3 is 9.47 Å². The van der Waals surface area contributed by atoms with Crippen LogP contribution in [0.1, 0.15) is 30.9 Å². The lowest BCUT2D eigenvalue weighted by atomic mass is 9.87. The van der Waals surface area contributed by atoms with Crippen LogP contribution in [-0.2, 0) is 11.3 Å². The summed E-state index contributed by atoms with van der Waals surface area (Å²) in [6.45, 7) is 4.35. The van der Waals surface area contributed by atoms with Gasteiger partial charge in [0, 0.05) is 16.8 Å². The molecular formula is C18H18FNO3. The molecule has 0 spiro atoms. The number of anilines is 1. The Morgan fingerprint density at radius 1 is 1.26 bits per heavy atom. The molecule has 120 valence electrons. The summed E-state index contributed by atoms with van der Waals surface area (Å²) in [5, 5.41) is 2.74.